The predicted molar refractivity (Wildman–Crippen MR) is 163 cm³/mol. The average Bonchev–Trinajstić information content (AvgIpc) is 3.52. The van der Waals surface area contributed by atoms with Crippen LogP contribution in [0.1, 0.15) is 49.7 Å². The van der Waals surface area contributed by atoms with Gasteiger partial charge in [0.2, 0.25) is 21.8 Å². The molecule has 1 N–H and O–H groups in total. The fourth-order valence-electron chi connectivity index (χ4n) is 5.38. The van der Waals surface area contributed by atoms with Gasteiger partial charge in [-0.1, -0.05) is 73.5 Å². The van der Waals surface area contributed by atoms with Crippen LogP contribution in [-0.2, 0) is 32.6 Å². The third-order valence-corrected chi connectivity index (χ3v) is 9.65. The van der Waals surface area contributed by atoms with Crippen LogP contribution in [0.2, 0.25) is 0 Å². The highest BCUT2D eigenvalue weighted by Gasteiger charge is 2.32. The standard InChI is InChI=1S/C33H41N3O5S/c1-35(42(39,40)30-19-7-4-8-20-30)22-12-21-32(37)36(25-27-15-11-18-29(23-27)41-2)31(24-26-13-5-3-6-14-26)33(38)34-28-16-9-10-17-28/h3-8,11,13-15,18-20,23,28,31H,9-10,12,16-17,21-22,24-25H2,1-2H3,(H,34,38)/t31-/m1/s1. The maximum Gasteiger partial charge on any atom is 0.243 e. The van der Waals surface area contributed by atoms with Crippen molar-refractivity contribution in [3.63, 3.8) is 0 Å². The Labute approximate surface area is 249 Å². The van der Waals surface area contributed by atoms with E-state index >= 15 is 0 Å². The second kappa shape index (κ2) is 15.0. The minimum absolute atomic E-state index is 0.0978. The van der Waals surface area contributed by atoms with E-state index in [1.54, 1.807) is 42.3 Å². The van der Waals surface area contributed by atoms with Crippen molar-refractivity contribution in [1.29, 1.82) is 0 Å². The largest absolute Gasteiger partial charge is 0.497 e. The summed E-state index contributed by atoms with van der Waals surface area (Å²) in [6, 6.07) is 24.9. The number of ether oxygens (including phenoxy) is 1. The fraction of sp³-hybridized carbons (Fsp3) is 0.394. The Bertz CT molecular complexity index is 1410. The van der Waals surface area contributed by atoms with Crippen molar-refractivity contribution in [2.24, 2.45) is 0 Å². The molecule has 42 heavy (non-hydrogen) atoms. The minimum Gasteiger partial charge on any atom is -0.497 e. The summed E-state index contributed by atoms with van der Waals surface area (Å²) in [7, 11) is -0.552. The molecule has 0 aliphatic heterocycles. The van der Waals surface area contributed by atoms with E-state index in [0.717, 1.165) is 36.8 Å². The molecule has 2 amide bonds. The molecule has 9 heteroatoms. The quantitative estimate of drug-likeness (QED) is 0.291. The van der Waals surface area contributed by atoms with Crippen molar-refractivity contribution < 1.29 is 22.7 Å². The molecule has 1 atom stereocenters. The summed E-state index contributed by atoms with van der Waals surface area (Å²) >= 11 is 0. The van der Waals surface area contributed by atoms with Gasteiger partial charge in [-0.3, -0.25) is 9.59 Å². The molecule has 1 fully saturated rings. The van der Waals surface area contributed by atoms with Gasteiger partial charge >= 0.3 is 0 Å². The normalized spacial score (nSPS) is 14.5. The number of carbonyl (C=O) groups excluding carboxylic acids is 2. The Morgan fingerprint density at radius 3 is 2.24 bits per heavy atom. The van der Waals surface area contributed by atoms with Crippen LogP contribution < -0.4 is 10.1 Å². The topological polar surface area (TPSA) is 96.0 Å². The minimum atomic E-state index is -3.67. The molecule has 1 saturated carbocycles. The molecule has 0 unspecified atom stereocenters. The van der Waals surface area contributed by atoms with Crippen molar-refractivity contribution in [2.45, 2.75) is 68.5 Å². The second-order valence-electron chi connectivity index (χ2n) is 10.8. The third kappa shape index (κ3) is 8.42. The Balaban J connectivity index is 1.55. The number of methoxy groups -OCH3 is 1. The third-order valence-electron chi connectivity index (χ3n) is 7.77. The summed E-state index contributed by atoms with van der Waals surface area (Å²) in [6.07, 6.45) is 4.84. The highest BCUT2D eigenvalue weighted by atomic mass is 32.2. The number of sulfonamides is 1. The first-order valence-corrected chi connectivity index (χ1v) is 16.0. The Hall–Kier alpha value is -3.69. The lowest BCUT2D eigenvalue weighted by atomic mass is 10.0. The number of carbonyl (C=O) groups is 2. The lowest BCUT2D eigenvalue weighted by Gasteiger charge is -2.32. The van der Waals surface area contributed by atoms with Crippen LogP contribution in [0.3, 0.4) is 0 Å². The highest BCUT2D eigenvalue weighted by Crippen LogP contribution is 2.22. The Morgan fingerprint density at radius 2 is 1.57 bits per heavy atom. The van der Waals surface area contributed by atoms with Crippen LogP contribution in [0, 0.1) is 0 Å². The molecule has 0 bridgehead atoms. The summed E-state index contributed by atoms with van der Waals surface area (Å²) < 4.78 is 32.6. The van der Waals surface area contributed by atoms with E-state index < -0.39 is 16.1 Å². The molecule has 1 aliphatic rings. The maximum absolute atomic E-state index is 13.9. The van der Waals surface area contributed by atoms with Crippen LogP contribution in [0.15, 0.2) is 89.8 Å². The first-order valence-electron chi connectivity index (χ1n) is 14.6. The number of amides is 2. The van der Waals surface area contributed by atoms with Gasteiger partial charge in [-0.2, -0.15) is 0 Å². The molecule has 4 rings (SSSR count). The lowest BCUT2D eigenvalue weighted by molar-refractivity contribution is -0.141. The summed E-state index contributed by atoms with van der Waals surface area (Å²) in [4.78, 5) is 29.6. The molecule has 0 spiro atoms. The fourth-order valence-corrected chi connectivity index (χ4v) is 6.61. The van der Waals surface area contributed by atoms with Gasteiger partial charge < -0.3 is 15.0 Å². The van der Waals surface area contributed by atoms with Gasteiger partial charge in [-0.15, -0.1) is 0 Å². The van der Waals surface area contributed by atoms with Gasteiger partial charge in [0.15, 0.2) is 0 Å². The SMILES string of the molecule is COc1cccc(CN(C(=O)CCCN(C)S(=O)(=O)c2ccccc2)[C@H](Cc2ccccc2)C(=O)NC2CCCC2)c1. The van der Waals surface area contributed by atoms with Gasteiger partial charge in [0, 0.05) is 39.0 Å². The van der Waals surface area contributed by atoms with Crippen molar-refractivity contribution in [2.75, 3.05) is 20.7 Å². The molecule has 0 saturated heterocycles. The molecule has 3 aromatic carbocycles. The first-order chi connectivity index (χ1) is 20.3. The molecule has 0 heterocycles. The van der Waals surface area contributed by atoms with Crippen LogP contribution >= 0.6 is 0 Å². The predicted octanol–water partition coefficient (Wildman–Crippen LogP) is 4.79. The maximum atomic E-state index is 13.9. The lowest BCUT2D eigenvalue weighted by Crippen LogP contribution is -2.52. The number of benzene rings is 3. The number of hydrogen-bond donors (Lipinski definition) is 1. The van der Waals surface area contributed by atoms with E-state index in [1.165, 1.54) is 11.4 Å². The van der Waals surface area contributed by atoms with Crippen LogP contribution in [0.25, 0.3) is 0 Å². The van der Waals surface area contributed by atoms with E-state index in [4.69, 9.17) is 4.74 Å². The van der Waals surface area contributed by atoms with Crippen LogP contribution in [-0.4, -0.2) is 62.2 Å². The van der Waals surface area contributed by atoms with E-state index in [2.05, 4.69) is 5.32 Å². The summed E-state index contributed by atoms with van der Waals surface area (Å²) in [6.45, 7) is 0.400. The zero-order chi connectivity index (χ0) is 30.0. The molecule has 1 aliphatic carbocycles. The van der Waals surface area contributed by atoms with Crippen molar-refractivity contribution in [1.82, 2.24) is 14.5 Å². The summed E-state index contributed by atoms with van der Waals surface area (Å²) in [5.41, 5.74) is 1.81. The van der Waals surface area contributed by atoms with Crippen molar-refractivity contribution >= 4 is 21.8 Å². The average molecular weight is 592 g/mol. The highest BCUT2D eigenvalue weighted by molar-refractivity contribution is 7.89. The molecule has 224 valence electrons. The van der Waals surface area contributed by atoms with E-state index in [0.29, 0.717) is 18.6 Å². The molecule has 0 radical (unpaired) electrons. The number of nitrogens with one attached hydrogen (secondary N) is 1. The van der Waals surface area contributed by atoms with E-state index in [9.17, 15) is 18.0 Å². The molecule has 8 nitrogen and oxygen atoms in total. The first kappa shape index (κ1) is 31.3. The van der Waals surface area contributed by atoms with Gasteiger partial charge in [-0.05, 0) is 54.7 Å². The van der Waals surface area contributed by atoms with E-state index in [-0.39, 0.29) is 42.3 Å². The van der Waals surface area contributed by atoms with Crippen LogP contribution in [0.4, 0.5) is 0 Å². The molecular weight excluding hydrogens is 550 g/mol. The van der Waals surface area contributed by atoms with Gasteiger partial charge in [-0.25, -0.2) is 12.7 Å². The van der Waals surface area contributed by atoms with E-state index in [1.807, 2.05) is 54.6 Å². The zero-order valence-corrected chi connectivity index (χ0v) is 25.3. The van der Waals surface area contributed by atoms with Gasteiger partial charge in [0.1, 0.15) is 11.8 Å². The second-order valence-corrected chi connectivity index (χ2v) is 12.9. The molecular formula is C33H41N3O5S. The smallest absolute Gasteiger partial charge is 0.243 e. The Kier molecular flexibility index (Phi) is 11.1. The zero-order valence-electron chi connectivity index (χ0n) is 24.4. The van der Waals surface area contributed by atoms with Crippen molar-refractivity contribution in [3.8, 4) is 5.75 Å². The number of hydrogen-bond acceptors (Lipinski definition) is 5. The number of rotatable bonds is 14. The summed E-state index contributed by atoms with van der Waals surface area (Å²) in [5, 5.41) is 3.21. The Morgan fingerprint density at radius 1 is 0.929 bits per heavy atom. The van der Waals surface area contributed by atoms with Crippen molar-refractivity contribution in [3.05, 3.63) is 96.1 Å². The molecule has 3 aromatic rings. The van der Waals surface area contributed by atoms with Gasteiger partial charge in [0.05, 0.1) is 12.0 Å². The van der Waals surface area contributed by atoms with Crippen LogP contribution in [0.5, 0.6) is 5.75 Å². The number of nitrogens with zero attached hydrogens (tertiary/aromatic N) is 2. The van der Waals surface area contributed by atoms with Gasteiger partial charge in [0.25, 0.3) is 0 Å². The molecule has 0 aromatic heterocycles. The summed E-state index contributed by atoms with van der Waals surface area (Å²) in [5.74, 6) is 0.305. The monoisotopic (exact) mass is 591 g/mol.